The van der Waals surface area contributed by atoms with E-state index in [1.807, 2.05) is 0 Å². The van der Waals surface area contributed by atoms with Crippen LogP contribution in [0.15, 0.2) is 51.7 Å². The van der Waals surface area contributed by atoms with E-state index in [0.717, 1.165) is 5.56 Å². The largest absolute Gasteiger partial charge is 0.495 e. The van der Waals surface area contributed by atoms with Crippen molar-refractivity contribution in [1.29, 1.82) is 0 Å². The summed E-state index contributed by atoms with van der Waals surface area (Å²) in [4.78, 5) is 15.9. The van der Waals surface area contributed by atoms with Gasteiger partial charge in [0.25, 0.3) is 5.90 Å². The zero-order chi connectivity index (χ0) is 14.8. The third-order valence-electron chi connectivity index (χ3n) is 2.83. The molecule has 0 N–H and O–H groups in total. The first kappa shape index (κ1) is 13.5. The monoisotopic (exact) mass is 303 g/mol. The van der Waals surface area contributed by atoms with Gasteiger partial charge in [0.2, 0.25) is 0 Å². The highest BCUT2D eigenvalue weighted by Crippen LogP contribution is 2.27. The summed E-state index contributed by atoms with van der Waals surface area (Å²) in [6.45, 7) is 0. The molecule has 0 amide bonds. The fraction of sp³-hybridized carbons (Fsp3) is 0.0667. The van der Waals surface area contributed by atoms with Crippen LogP contribution in [0.5, 0.6) is 5.75 Å². The summed E-state index contributed by atoms with van der Waals surface area (Å²) in [5.41, 5.74) is 0.903. The Balaban J connectivity index is 1.92. The fourth-order valence-electron chi connectivity index (χ4n) is 1.85. The van der Waals surface area contributed by atoms with Crippen LogP contribution < -0.4 is 4.74 Å². The Morgan fingerprint density at radius 1 is 1.33 bits per heavy atom. The van der Waals surface area contributed by atoms with E-state index in [1.54, 1.807) is 36.4 Å². The first-order valence-electron chi connectivity index (χ1n) is 6.07. The average Bonchev–Trinajstić information content (AvgIpc) is 3.10. The second-order valence-electron chi connectivity index (χ2n) is 4.21. The minimum absolute atomic E-state index is 0.149. The molecule has 1 aliphatic heterocycles. The van der Waals surface area contributed by atoms with Gasteiger partial charge in [0.15, 0.2) is 11.5 Å². The third-order valence-corrected chi connectivity index (χ3v) is 3.13. The first-order chi connectivity index (χ1) is 10.2. The number of furan rings is 1. The molecule has 6 heteroatoms. The Kier molecular flexibility index (Phi) is 3.50. The van der Waals surface area contributed by atoms with Gasteiger partial charge in [-0.3, -0.25) is 0 Å². The van der Waals surface area contributed by atoms with Gasteiger partial charge in [0.1, 0.15) is 5.75 Å². The lowest BCUT2D eigenvalue weighted by Gasteiger charge is -2.03. The molecule has 0 saturated carbocycles. The Labute approximate surface area is 125 Å². The molecule has 1 aliphatic rings. The molecule has 2 heterocycles. The maximum Gasteiger partial charge on any atom is 0.363 e. The van der Waals surface area contributed by atoms with Crippen LogP contribution in [-0.2, 0) is 9.53 Å². The molecule has 1 aromatic carbocycles. The van der Waals surface area contributed by atoms with Crippen molar-refractivity contribution in [1.82, 2.24) is 0 Å². The number of carbonyl (C=O) groups excluding carboxylic acids is 1. The number of benzene rings is 1. The van der Waals surface area contributed by atoms with Crippen molar-refractivity contribution < 1.29 is 18.7 Å². The number of rotatable bonds is 3. The van der Waals surface area contributed by atoms with Gasteiger partial charge in [-0.1, -0.05) is 17.7 Å². The minimum Gasteiger partial charge on any atom is -0.495 e. The molecule has 0 unspecified atom stereocenters. The molecular formula is C15H10ClNO4. The molecule has 21 heavy (non-hydrogen) atoms. The lowest BCUT2D eigenvalue weighted by atomic mass is 10.2. The number of hydrogen-bond acceptors (Lipinski definition) is 5. The molecule has 5 nitrogen and oxygen atoms in total. The quantitative estimate of drug-likeness (QED) is 0.645. The van der Waals surface area contributed by atoms with Crippen molar-refractivity contribution in [2.45, 2.75) is 0 Å². The van der Waals surface area contributed by atoms with Crippen LogP contribution in [0.1, 0.15) is 11.3 Å². The SMILES string of the molecule is COc1ccc(/C=C2/N=C(c3ccco3)OC2=O)cc1Cl. The first-order valence-corrected chi connectivity index (χ1v) is 6.45. The second kappa shape index (κ2) is 5.46. The van der Waals surface area contributed by atoms with E-state index in [1.165, 1.54) is 13.4 Å². The van der Waals surface area contributed by atoms with E-state index >= 15 is 0 Å². The van der Waals surface area contributed by atoms with Crippen LogP contribution >= 0.6 is 11.6 Å². The molecule has 2 aromatic rings. The van der Waals surface area contributed by atoms with E-state index in [4.69, 9.17) is 25.5 Å². The Bertz CT molecular complexity index is 747. The number of nitrogens with zero attached hydrogens (tertiary/aromatic N) is 1. The van der Waals surface area contributed by atoms with Crippen molar-refractivity contribution in [2.24, 2.45) is 4.99 Å². The van der Waals surface area contributed by atoms with Gasteiger partial charge in [0.05, 0.1) is 18.4 Å². The number of methoxy groups -OCH3 is 1. The maximum absolute atomic E-state index is 11.8. The van der Waals surface area contributed by atoms with E-state index in [9.17, 15) is 4.79 Å². The van der Waals surface area contributed by atoms with Gasteiger partial charge in [-0.25, -0.2) is 9.79 Å². The molecule has 0 atom stereocenters. The number of esters is 1. The van der Waals surface area contributed by atoms with Gasteiger partial charge in [-0.15, -0.1) is 0 Å². The van der Waals surface area contributed by atoms with E-state index in [0.29, 0.717) is 16.5 Å². The van der Waals surface area contributed by atoms with Gasteiger partial charge >= 0.3 is 5.97 Å². The zero-order valence-corrected chi connectivity index (χ0v) is 11.8. The van der Waals surface area contributed by atoms with Crippen LogP contribution in [-0.4, -0.2) is 19.0 Å². The van der Waals surface area contributed by atoms with Gasteiger partial charge in [-0.2, -0.15) is 0 Å². The maximum atomic E-state index is 11.8. The number of aliphatic imine (C=N–C) groups is 1. The second-order valence-corrected chi connectivity index (χ2v) is 4.61. The summed E-state index contributed by atoms with van der Waals surface area (Å²) >= 11 is 6.04. The van der Waals surface area contributed by atoms with Crippen LogP contribution in [0, 0.1) is 0 Å². The lowest BCUT2D eigenvalue weighted by molar-refractivity contribution is -0.130. The van der Waals surface area contributed by atoms with Crippen molar-refractivity contribution >= 4 is 29.5 Å². The van der Waals surface area contributed by atoms with Crippen molar-refractivity contribution in [3.63, 3.8) is 0 Å². The number of cyclic esters (lactones) is 1. The average molecular weight is 304 g/mol. The molecule has 0 spiro atoms. The highest BCUT2D eigenvalue weighted by atomic mass is 35.5. The van der Waals surface area contributed by atoms with Crippen molar-refractivity contribution in [3.05, 3.63) is 58.6 Å². The number of ether oxygens (including phenoxy) is 2. The highest BCUT2D eigenvalue weighted by molar-refractivity contribution is 6.32. The molecule has 0 saturated heterocycles. The standard InChI is InChI=1S/C15H10ClNO4/c1-19-12-5-4-9(7-10(12)16)8-11-15(18)21-14(17-11)13-3-2-6-20-13/h2-8H,1H3/b11-8+. The molecule has 106 valence electrons. The summed E-state index contributed by atoms with van der Waals surface area (Å²) in [5, 5.41) is 0.452. The molecular weight excluding hydrogens is 294 g/mol. The predicted molar refractivity (Wildman–Crippen MR) is 77.3 cm³/mol. The van der Waals surface area contributed by atoms with E-state index in [2.05, 4.69) is 4.99 Å². The van der Waals surface area contributed by atoms with Crippen molar-refractivity contribution in [3.8, 4) is 5.75 Å². The number of carbonyl (C=O) groups is 1. The normalized spacial score (nSPS) is 16.0. The third kappa shape index (κ3) is 2.68. The molecule has 0 radical (unpaired) electrons. The van der Waals surface area contributed by atoms with E-state index < -0.39 is 5.97 Å². The molecule has 3 rings (SSSR count). The Morgan fingerprint density at radius 3 is 2.86 bits per heavy atom. The lowest BCUT2D eigenvalue weighted by Crippen LogP contribution is -2.04. The van der Waals surface area contributed by atoms with Crippen molar-refractivity contribution in [2.75, 3.05) is 7.11 Å². The Hall–Kier alpha value is -2.53. The summed E-state index contributed by atoms with van der Waals surface area (Å²) < 4.78 is 15.3. The Morgan fingerprint density at radius 2 is 2.19 bits per heavy atom. The number of hydrogen-bond donors (Lipinski definition) is 0. The summed E-state index contributed by atoms with van der Waals surface area (Å²) in [5.74, 6) is 0.580. The van der Waals surface area contributed by atoms with Crippen LogP contribution in [0.25, 0.3) is 6.08 Å². The van der Waals surface area contributed by atoms with Crippen LogP contribution in [0.3, 0.4) is 0 Å². The van der Waals surface area contributed by atoms with E-state index in [-0.39, 0.29) is 11.6 Å². The summed E-state index contributed by atoms with van der Waals surface area (Å²) in [6, 6.07) is 8.52. The molecule has 1 aromatic heterocycles. The van der Waals surface area contributed by atoms with Gasteiger partial charge in [-0.05, 0) is 35.9 Å². The molecule has 0 aliphatic carbocycles. The smallest absolute Gasteiger partial charge is 0.363 e. The van der Waals surface area contributed by atoms with Gasteiger partial charge < -0.3 is 13.9 Å². The van der Waals surface area contributed by atoms with Crippen LogP contribution in [0.4, 0.5) is 0 Å². The predicted octanol–water partition coefficient (Wildman–Crippen LogP) is 3.29. The molecule has 0 fully saturated rings. The van der Waals surface area contributed by atoms with Gasteiger partial charge in [0, 0.05) is 0 Å². The highest BCUT2D eigenvalue weighted by Gasteiger charge is 2.25. The number of halogens is 1. The topological polar surface area (TPSA) is 61.0 Å². The summed E-state index contributed by atoms with van der Waals surface area (Å²) in [7, 11) is 1.54. The fourth-order valence-corrected chi connectivity index (χ4v) is 2.11. The summed E-state index contributed by atoms with van der Waals surface area (Å²) in [6.07, 6.45) is 3.07. The molecule has 0 bridgehead atoms. The minimum atomic E-state index is -0.534. The zero-order valence-electron chi connectivity index (χ0n) is 11.0. The van der Waals surface area contributed by atoms with Crippen LogP contribution in [0.2, 0.25) is 5.02 Å².